The molecule has 0 aliphatic heterocycles. The highest BCUT2D eigenvalue weighted by atomic mass is 79.9. The number of furan rings is 1. The first-order valence-corrected chi connectivity index (χ1v) is 8.05. The molecule has 4 nitrogen and oxygen atoms in total. The Morgan fingerprint density at radius 1 is 1.17 bits per heavy atom. The van der Waals surface area contributed by atoms with Crippen LogP contribution in [0.15, 0.2) is 63.5 Å². The van der Waals surface area contributed by atoms with Crippen molar-refractivity contribution in [3.8, 4) is 5.75 Å². The predicted molar refractivity (Wildman–Crippen MR) is 92.8 cm³/mol. The molecule has 0 aliphatic rings. The molecule has 0 spiro atoms. The standard InChI is InChI=1S/C18H16BrNO3/c1-20(10-11-22-15-8-6-14(19)7-9-15)18(21)17-12-13-4-2-3-5-16(13)23-17/h2-9,12H,10-11H2,1H3. The van der Waals surface area contributed by atoms with Gasteiger partial charge in [0.2, 0.25) is 0 Å². The summed E-state index contributed by atoms with van der Waals surface area (Å²) in [5.41, 5.74) is 0.718. The fraction of sp³-hybridized carbons (Fsp3) is 0.167. The van der Waals surface area contributed by atoms with Crippen LogP contribution < -0.4 is 4.74 Å². The Kier molecular flexibility index (Phi) is 4.67. The number of halogens is 1. The molecule has 0 saturated carbocycles. The van der Waals surface area contributed by atoms with Crippen molar-refractivity contribution in [2.24, 2.45) is 0 Å². The highest BCUT2D eigenvalue weighted by molar-refractivity contribution is 9.10. The summed E-state index contributed by atoms with van der Waals surface area (Å²) in [6.45, 7) is 0.899. The third kappa shape index (κ3) is 3.74. The van der Waals surface area contributed by atoms with Crippen LogP contribution in [0.4, 0.5) is 0 Å². The van der Waals surface area contributed by atoms with Gasteiger partial charge < -0.3 is 14.1 Å². The van der Waals surface area contributed by atoms with Crippen molar-refractivity contribution in [1.82, 2.24) is 4.90 Å². The summed E-state index contributed by atoms with van der Waals surface area (Å²) < 4.78 is 12.2. The number of hydrogen-bond acceptors (Lipinski definition) is 3. The van der Waals surface area contributed by atoms with Gasteiger partial charge in [0.05, 0.1) is 6.54 Å². The number of nitrogens with zero attached hydrogens (tertiary/aromatic N) is 1. The molecule has 118 valence electrons. The van der Waals surface area contributed by atoms with Crippen molar-refractivity contribution in [3.05, 3.63) is 64.8 Å². The third-order valence-corrected chi connectivity index (χ3v) is 4.02. The Bertz CT molecular complexity index is 778. The van der Waals surface area contributed by atoms with Crippen LogP contribution in [-0.4, -0.2) is 31.0 Å². The maximum atomic E-state index is 12.4. The van der Waals surface area contributed by atoms with Crippen molar-refractivity contribution in [1.29, 1.82) is 0 Å². The van der Waals surface area contributed by atoms with E-state index >= 15 is 0 Å². The number of likely N-dealkylation sites (N-methyl/N-ethyl adjacent to an activating group) is 1. The summed E-state index contributed by atoms with van der Waals surface area (Å²) in [4.78, 5) is 14.0. The van der Waals surface area contributed by atoms with E-state index in [1.165, 1.54) is 0 Å². The third-order valence-electron chi connectivity index (χ3n) is 3.49. The summed E-state index contributed by atoms with van der Waals surface area (Å²) in [5.74, 6) is 0.968. The van der Waals surface area contributed by atoms with Gasteiger partial charge in [0.15, 0.2) is 5.76 Å². The minimum absolute atomic E-state index is 0.152. The minimum Gasteiger partial charge on any atom is -0.492 e. The lowest BCUT2D eigenvalue weighted by Crippen LogP contribution is -2.30. The van der Waals surface area contributed by atoms with E-state index in [4.69, 9.17) is 9.15 Å². The molecule has 0 radical (unpaired) electrons. The molecular formula is C18H16BrNO3. The molecule has 0 unspecified atom stereocenters. The molecule has 0 saturated heterocycles. The molecule has 0 bridgehead atoms. The smallest absolute Gasteiger partial charge is 0.289 e. The summed E-state index contributed by atoms with van der Waals surface area (Å²) in [6.07, 6.45) is 0. The highest BCUT2D eigenvalue weighted by Gasteiger charge is 2.16. The Balaban J connectivity index is 1.57. The molecule has 0 N–H and O–H groups in total. The molecule has 3 rings (SSSR count). The number of amides is 1. The number of carbonyl (C=O) groups excluding carboxylic acids is 1. The van der Waals surface area contributed by atoms with E-state index in [9.17, 15) is 4.79 Å². The van der Waals surface area contributed by atoms with Crippen molar-refractivity contribution >= 4 is 32.8 Å². The largest absolute Gasteiger partial charge is 0.492 e. The molecular weight excluding hydrogens is 358 g/mol. The van der Waals surface area contributed by atoms with E-state index in [-0.39, 0.29) is 5.91 Å². The summed E-state index contributed by atoms with van der Waals surface area (Å²) in [6, 6.07) is 16.9. The maximum absolute atomic E-state index is 12.4. The van der Waals surface area contributed by atoms with Crippen molar-refractivity contribution < 1.29 is 13.9 Å². The second-order valence-electron chi connectivity index (χ2n) is 5.18. The number of hydrogen-bond donors (Lipinski definition) is 0. The van der Waals surface area contributed by atoms with E-state index in [1.807, 2.05) is 48.5 Å². The zero-order valence-electron chi connectivity index (χ0n) is 12.7. The lowest BCUT2D eigenvalue weighted by Gasteiger charge is -2.16. The lowest BCUT2D eigenvalue weighted by atomic mass is 10.2. The van der Waals surface area contributed by atoms with Gasteiger partial charge in [0, 0.05) is 16.9 Å². The van der Waals surface area contributed by atoms with Gasteiger partial charge in [-0.2, -0.15) is 0 Å². The molecule has 1 heterocycles. The molecule has 2 aromatic carbocycles. The summed E-state index contributed by atoms with van der Waals surface area (Å²) in [7, 11) is 1.74. The van der Waals surface area contributed by atoms with Gasteiger partial charge in [0.1, 0.15) is 17.9 Å². The van der Waals surface area contributed by atoms with E-state index in [0.717, 1.165) is 21.2 Å². The second kappa shape index (κ2) is 6.87. The van der Waals surface area contributed by atoms with Crippen LogP contribution in [0.2, 0.25) is 0 Å². The van der Waals surface area contributed by atoms with Gasteiger partial charge in [-0.1, -0.05) is 34.1 Å². The Hall–Kier alpha value is -2.27. The number of carbonyl (C=O) groups is 1. The van der Waals surface area contributed by atoms with Crippen LogP contribution in [0, 0.1) is 0 Å². The van der Waals surface area contributed by atoms with Crippen LogP contribution >= 0.6 is 15.9 Å². The SMILES string of the molecule is CN(CCOc1ccc(Br)cc1)C(=O)c1cc2ccccc2o1. The van der Waals surface area contributed by atoms with Crippen LogP contribution in [0.5, 0.6) is 5.75 Å². The van der Waals surface area contributed by atoms with E-state index in [1.54, 1.807) is 18.0 Å². The molecule has 1 amide bonds. The Morgan fingerprint density at radius 2 is 1.91 bits per heavy atom. The number of para-hydroxylation sites is 1. The van der Waals surface area contributed by atoms with Crippen LogP contribution in [-0.2, 0) is 0 Å². The normalized spacial score (nSPS) is 10.7. The number of benzene rings is 2. The first-order valence-electron chi connectivity index (χ1n) is 7.26. The van der Waals surface area contributed by atoms with Crippen LogP contribution in [0.25, 0.3) is 11.0 Å². The molecule has 1 aromatic heterocycles. The number of rotatable bonds is 5. The maximum Gasteiger partial charge on any atom is 0.289 e. The molecule has 0 atom stereocenters. The fourth-order valence-electron chi connectivity index (χ4n) is 2.21. The van der Waals surface area contributed by atoms with Crippen molar-refractivity contribution in [3.63, 3.8) is 0 Å². The molecule has 0 fully saturated rings. The predicted octanol–water partition coefficient (Wildman–Crippen LogP) is 4.35. The van der Waals surface area contributed by atoms with Crippen LogP contribution in [0.1, 0.15) is 10.6 Å². The lowest BCUT2D eigenvalue weighted by molar-refractivity contribution is 0.0745. The van der Waals surface area contributed by atoms with E-state index in [2.05, 4.69) is 15.9 Å². The second-order valence-corrected chi connectivity index (χ2v) is 6.09. The van der Waals surface area contributed by atoms with Gasteiger partial charge in [-0.3, -0.25) is 4.79 Å². The average Bonchev–Trinajstić information content (AvgIpc) is 3.00. The monoisotopic (exact) mass is 373 g/mol. The van der Waals surface area contributed by atoms with Crippen molar-refractivity contribution in [2.45, 2.75) is 0 Å². The minimum atomic E-state index is -0.152. The summed E-state index contributed by atoms with van der Waals surface area (Å²) in [5, 5.41) is 0.926. The van der Waals surface area contributed by atoms with Gasteiger partial charge >= 0.3 is 0 Å². The Labute approximate surface area is 142 Å². The zero-order valence-corrected chi connectivity index (χ0v) is 14.2. The fourth-order valence-corrected chi connectivity index (χ4v) is 2.47. The van der Waals surface area contributed by atoms with Gasteiger partial charge in [0.25, 0.3) is 5.91 Å². The van der Waals surface area contributed by atoms with Gasteiger partial charge in [-0.15, -0.1) is 0 Å². The molecule has 23 heavy (non-hydrogen) atoms. The van der Waals surface area contributed by atoms with E-state index < -0.39 is 0 Å². The van der Waals surface area contributed by atoms with Gasteiger partial charge in [-0.05, 0) is 36.4 Å². The first kappa shape index (κ1) is 15.6. The number of ether oxygens (including phenoxy) is 1. The van der Waals surface area contributed by atoms with E-state index in [0.29, 0.717) is 18.9 Å². The first-order chi connectivity index (χ1) is 11.1. The average molecular weight is 374 g/mol. The van der Waals surface area contributed by atoms with Gasteiger partial charge in [-0.25, -0.2) is 0 Å². The topological polar surface area (TPSA) is 42.7 Å². The molecule has 5 heteroatoms. The molecule has 0 aliphatic carbocycles. The Morgan fingerprint density at radius 3 is 2.65 bits per heavy atom. The highest BCUT2D eigenvalue weighted by Crippen LogP contribution is 2.20. The van der Waals surface area contributed by atoms with Crippen LogP contribution in [0.3, 0.4) is 0 Å². The quantitative estimate of drug-likeness (QED) is 0.667. The molecule has 3 aromatic rings. The summed E-state index contributed by atoms with van der Waals surface area (Å²) >= 11 is 3.38. The van der Waals surface area contributed by atoms with Crippen molar-refractivity contribution in [2.75, 3.05) is 20.2 Å². The number of fused-ring (bicyclic) bond motifs is 1. The zero-order chi connectivity index (χ0) is 16.2.